The minimum atomic E-state index is -4.38. The number of alkyl halides is 3. The Morgan fingerprint density at radius 1 is 0.731 bits per heavy atom. The van der Waals surface area contributed by atoms with E-state index in [1.807, 2.05) is 60.7 Å². The van der Waals surface area contributed by atoms with Crippen LogP contribution in [0.5, 0.6) is 0 Å². The van der Waals surface area contributed by atoms with E-state index < -0.39 is 11.7 Å². The highest BCUT2D eigenvalue weighted by atomic mass is 19.4. The fraction of sp³-hybridized carbons (Fsp3) is 0.0476. The summed E-state index contributed by atoms with van der Waals surface area (Å²) in [5.74, 6) is 0. The molecule has 0 unspecified atom stereocenters. The number of hydrogen-bond acceptors (Lipinski definition) is 2. The molecule has 3 aromatic carbocycles. The van der Waals surface area contributed by atoms with Crippen molar-refractivity contribution in [2.45, 2.75) is 6.18 Å². The van der Waals surface area contributed by atoms with Crippen LogP contribution in [-0.2, 0) is 6.18 Å². The molecule has 0 bridgehead atoms. The Labute approximate surface area is 149 Å². The van der Waals surface area contributed by atoms with E-state index in [0.29, 0.717) is 11.3 Å². The highest BCUT2D eigenvalue weighted by molar-refractivity contribution is 6.12. The lowest BCUT2D eigenvalue weighted by Crippen LogP contribution is -2.05. The molecule has 0 saturated carbocycles. The zero-order chi connectivity index (χ0) is 18.4. The Hall–Kier alpha value is -3.21. The number of nitrogens with zero attached hydrogens (tertiary/aromatic N) is 2. The Morgan fingerprint density at radius 3 is 1.85 bits per heavy atom. The maximum Gasteiger partial charge on any atom is 0.416 e. The van der Waals surface area contributed by atoms with E-state index in [4.69, 9.17) is 0 Å². The molecule has 3 rings (SSSR count). The topological polar surface area (TPSA) is 24.7 Å². The molecular formula is C21H15F3N2. The van der Waals surface area contributed by atoms with E-state index in [-0.39, 0.29) is 0 Å². The molecule has 130 valence electrons. The first-order valence-corrected chi connectivity index (χ1v) is 7.93. The van der Waals surface area contributed by atoms with E-state index in [2.05, 4.69) is 10.2 Å². The second-order valence-corrected chi connectivity index (χ2v) is 5.55. The molecule has 0 atom stereocenters. The Bertz CT molecular complexity index is 873. The fourth-order valence-electron chi connectivity index (χ4n) is 2.42. The largest absolute Gasteiger partial charge is 0.416 e. The van der Waals surface area contributed by atoms with E-state index in [0.717, 1.165) is 23.3 Å². The lowest BCUT2D eigenvalue weighted by Gasteiger charge is -2.06. The molecule has 2 nitrogen and oxygen atoms in total. The number of halogens is 3. The average molecular weight is 352 g/mol. The second kappa shape index (κ2) is 7.78. The van der Waals surface area contributed by atoms with Gasteiger partial charge in [0.1, 0.15) is 5.71 Å². The fourth-order valence-corrected chi connectivity index (χ4v) is 2.42. The van der Waals surface area contributed by atoms with E-state index in [1.165, 1.54) is 12.3 Å². The Kier molecular flexibility index (Phi) is 5.27. The van der Waals surface area contributed by atoms with Crippen molar-refractivity contribution >= 4 is 11.9 Å². The first-order valence-electron chi connectivity index (χ1n) is 7.93. The summed E-state index contributed by atoms with van der Waals surface area (Å²) >= 11 is 0. The zero-order valence-electron chi connectivity index (χ0n) is 13.7. The first-order chi connectivity index (χ1) is 12.5. The summed E-state index contributed by atoms with van der Waals surface area (Å²) in [7, 11) is 0. The SMILES string of the molecule is FC(F)(F)c1cccc(/C=N/N=C(c2ccccc2)c2ccccc2)c1. The molecule has 0 aliphatic carbocycles. The van der Waals surface area contributed by atoms with Crippen LogP contribution in [0.2, 0.25) is 0 Å². The van der Waals surface area contributed by atoms with Gasteiger partial charge >= 0.3 is 6.18 Å². The average Bonchev–Trinajstić information content (AvgIpc) is 2.66. The minimum absolute atomic E-state index is 0.337. The van der Waals surface area contributed by atoms with Crippen LogP contribution in [0.25, 0.3) is 0 Å². The summed E-state index contributed by atoms with van der Waals surface area (Å²) < 4.78 is 38.4. The molecule has 0 aromatic heterocycles. The van der Waals surface area contributed by atoms with Crippen LogP contribution in [0.15, 0.2) is 95.1 Å². The smallest absolute Gasteiger partial charge is 0.166 e. The second-order valence-electron chi connectivity index (χ2n) is 5.55. The van der Waals surface area contributed by atoms with Crippen LogP contribution in [0.3, 0.4) is 0 Å². The van der Waals surface area contributed by atoms with Crippen LogP contribution in [0.4, 0.5) is 13.2 Å². The van der Waals surface area contributed by atoms with Crippen LogP contribution < -0.4 is 0 Å². The van der Waals surface area contributed by atoms with Crippen molar-refractivity contribution in [2.24, 2.45) is 10.2 Å². The van der Waals surface area contributed by atoms with Gasteiger partial charge in [0.25, 0.3) is 0 Å². The molecule has 3 aromatic rings. The van der Waals surface area contributed by atoms with Crippen LogP contribution in [-0.4, -0.2) is 11.9 Å². The standard InChI is InChI=1S/C21H15F3N2/c22-21(23,24)19-13-7-8-16(14-19)15-25-26-20(17-9-3-1-4-10-17)18-11-5-2-6-12-18/h1-15H/b25-15+. The van der Waals surface area contributed by atoms with Gasteiger partial charge in [0.15, 0.2) is 0 Å². The third-order valence-corrected chi connectivity index (χ3v) is 3.67. The lowest BCUT2D eigenvalue weighted by molar-refractivity contribution is -0.137. The van der Waals surface area contributed by atoms with E-state index in [1.54, 1.807) is 6.07 Å². The third kappa shape index (κ3) is 4.45. The van der Waals surface area contributed by atoms with Crippen molar-refractivity contribution < 1.29 is 13.2 Å². The van der Waals surface area contributed by atoms with Gasteiger partial charge in [0.05, 0.1) is 11.8 Å². The third-order valence-electron chi connectivity index (χ3n) is 3.67. The summed E-state index contributed by atoms with van der Waals surface area (Å²) in [5, 5.41) is 8.27. The molecule has 0 heterocycles. The van der Waals surface area contributed by atoms with Crippen molar-refractivity contribution in [3.8, 4) is 0 Å². The van der Waals surface area contributed by atoms with Gasteiger partial charge < -0.3 is 0 Å². The summed E-state index contributed by atoms with van der Waals surface area (Å²) in [6.07, 6.45) is -3.06. The van der Waals surface area contributed by atoms with Gasteiger partial charge in [-0.15, -0.1) is 5.10 Å². The monoisotopic (exact) mass is 352 g/mol. The number of benzene rings is 3. The van der Waals surface area contributed by atoms with Gasteiger partial charge in [-0.05, 0) is 17.7 Å². The van der Waals surface area contributed by atoms with Crippen LogP contribution in [0.1, 0.15) is 22.3 Å². The molecule has 0 N–H and O–H groups in total. The minimum Gasteiger partial charge on any atom is -0.166 e. The molecule has 0 aliphatic heterocycles. The Balaban J connectivity index is 1.93. The molecule has 0 aliphatic rings. The van der Waals surface area contributed by atoms with Gasteiger partial charge in [-0.2, -0.15) is 18.3 Å². The Morgan fingerprint density at radius 2 is 1.31 bits per heavy atom. The maximum absolute atomic E-state index is 12.8. The molecule has 0 saturated heterocycles. The summed E-state index contributed by atoms with van der Waals surface area (Å²) in [6.45, 7) is 0. The lowest BCUT2D eigenvalue weighted by atomic mass is 10.0. The van der Waals surface area contributed by atoms with Gasteiger partial charge in [-0.25, -0.2) is 0 Å². The number of rotatable bonds is 4. The molecule has 0 spiro atoms. The summed E-state index contributed by atoms with van der Waals surface area (Å²) in [4.78, 5) is 0. The first kappa shape index (κ1) is 17.6. The van der Waals surface area contributed by atoms with Crippen molar-refractivity contribution in [2.75, 3.05) is 0 Å². The molecule has 0 radical (unpaired) electrons. The van der Waals surface area contributed by atoms with Crippen molar-refractivity contribution in [3.05, 3.63) is 107 Å². The van der Waals surface area contributed by atoms with Gasteiger partial charge in [0, 0.05) is 11.1 Å². The zero-order valence-corrected chi connectivity index (χ0v) is 13.7. The quantitative estimate of drug-likeness (QED) is 0.433. The molecule has 0 amide bonds. The van der Waals surface area contributed by atoms with Crippen molar-refractivity contribution in [1.82, 2.24) is 0 Å². The molecular weight excluding hydrogens is 337 g/mol. The van der Waals surface area contributed by atoms with E-state index in [9.17, 15) is 13.2 Å². The van der Waals surface area contributed by atoms with Crippen molar-refractivity contribution in [3.63, 3.8) is 0 Å². The number of hydrogen-bond donors (Lipinski definition) is 0. The molecule has 26 heavy (non-hydrogen) atoms. The highest BCUT2D eigenvalue weighted by Crippen LogP contribution is 2.29. The summed E-state index contributed by atoms with van der Waals surface area (Å²) in [6, 6.07) is 24.0. The predicted octanol–water partition coefficient (Wildman–Crippen LogP) is 5.58. The summed E-state index contributed by atoms with van der Waals surface area (Å²) in [5.41, 5.74) is 2.02. The van der Waals surface area contributed by atoms with Gasteiger partial charge in [0.2, 0.25) is 0 Å². The highest BCUT2D eigenvalue weighted by Gasteiger charge is 2.30. The van der Waals surface area contributed by atoms with E-state index >= 15 is 0 Å². The predicted molar refractivity (Wildman–Crippen MR) is 97.6 cm³/mol. The molecule has 5 heteroatoms. The molecule has 0 fully saturated rings. The van der Waals surface area contributed by atoms with Crippen LogP contribution >= 0.6 is 0 Å². The van der Waals surface area contributed by atoms with Crippen molar-refractivity contribution in [1.29, 1.82) is 0 Å². The van der Waals surface area contributed by atoms with Crippen LogP contribution in [0, 0.1) is 0 Å². The van der Waals surface area contributed by atoms with Gasteiger partial charge in [-0.1, -0.05) is 72.8 Å². The normalized spacial score (nSPS) is 11.5. The van der Waals surface area contributed by atoms with Gasteiger partial charge in [-0.3, -0.25) is 0 Å². The maximum atomic E-state index is 12.8.